The number of rotatable bonds is 3. The molecule has 0 fully saturated rings. The third-order valence-electron chi connectivity index (χ3n) is 2.57. The van der Waals surface area contributed by atoms with Crippen LogP contribution in [0.3, 0.4) is 0 Å². The molecule has 0 bridgehead atoms. The summed E-state index contributed by atoms with van der Waals surface area (Å²) in [6.07, 6.45) is 0. The maximum Gasteiger partial charge on any atom is 0.233 e. The molecule has 0 atom stereocenters. The van der Waals surface area contributed by atoms with Crippen LogP contribution in [0.1, 0.15) is 5.89 Å². The first-order chi connectivity index (χ1) is 9.20. The molecule has 3 rings (SSSR count). The first-order valence-corrected chi connectivity index (χ1v) is 6.40. The van der Waals surface area contributed by atoms with Gasteiger partial charge in [-0.3, -0.25) is 0 Å². The number of benzene rings is 2. The minimum Gasteiger partial charge on any atom is -0.484 e. The Kier molecular flexibility index (Phi) is 3.32. The van der Waals surface area contributed by atoms with Crippen molar-refractivity contribution in [1.29, 1.82) is 0 Å². The molecule has 1 aromatic heterocycles. The lowest BCUT2D eigenvalue weighted by atomic mass is 10.3. The number of fused-ring (bicyclic) bond motifs is 1. The molecule has 0 saturated heterocycles. The summed E-state index contributed by atoms with van der Waals surface area (Å²) in [5, 5.41) is 1.30. The van der Waals surface area contributed by atoms with Crippen LogP contribution in [0.25, 0.3) is 11.1 Å². The Morgan fingerprint density at radius 3 is 2.53 bits per heavy atom. The summed E-state index contributed by atoms with van der Waals surface area (Å²) in [7, 11) is 0. The molecule has 0 aliphatic carbocycles. The van der Waals surface area contributed by atoms with Crippen LogP contribution >= 0.6 is 23.2 Å². The lowest BCUT2D eigenvalue weighted by molar-refractivity contribution is 0.267. The maximum atomic E-state index is 5.89. The number of hydrogen-bond acceptors (Lipinski definition) is 3. The van der Waals surface area contributed by atoms with Crippen molar-refractivity contribution in [3.63, 3.8) is 0 Å². The number of oxazole rings is 1. The third kappa shape index (κ3) is 2.83. The van der Waals surface area contributed by atoms with Gasteiger partial charge >= 0.3 is 0 Å². The lowest BCUT2D eigenvalue weighted by Crippen LogP contribution is -1.94. The van der Waals surface area contributed by atoms with Crippen molar-refractivity contribution >= 4 is 34.3 Å². The van der Waals surface area contributed by atoms with E-state index in [1.54, 1.807) is 42.5 Å². The van der Waals surface area contributed by atoms with E-state index in [1.165, 1.54) is 0 Å². The highest BCUT2D eigenvalue weighted by atomic mass is 35.5. The Morgan fingerprint density at radius 1 is 1.00 bits per heavy atom. The van der Waals surface area contributed by atoms with Crippen LogP contribution in [-0.4, -0.2) is 4.98 Å². The van der Waals surface area contributed by atoms with Gasteiger partial charge in [-0.25, -0.2) is 4.98 Å². The Labute approximate surface area is 119 Å². The fourth-order valence-corrected chi connectivity index (χ4v) is 1.98. The van der Waals surface area contributed by atoms with Crippen molar-refractivity contribution in [1.82, 2.24) is 4.98 Å². The molecule has 3 aromatic rings. The molecule has 19 heavy (non-hydrogen) atoms. The maximum absolute atomic E-state index is 5.89. The number of halogens is 2. The molecule has 0 radical (unpaired) electrons. The van der Waals surface area contributed by atoms with E-state index in [-0.39, 0.29) is 6.61 Å². The molecule has 1 heterocycles. The Balaban J connectivity index is 1.76. The van der Waals surface area contributed by atoms with Crippen LogP contribution in [-0.2, 0) is 6.61 Å². The molecule has 5 heteroatoms. The van der Waals surface area contributed by atoms with Crippen LogP contribution in [0, 0.1) is 0 Å². The van der Waals surface area contributed by atoms with Gasteiger partial charge in [0.2, 0.25) is 5.89 Å². The highest BCUT2D eigenvalue weighted by molar-refractivity contribution is 6.31. The Hall–Kier alpha value is -1.71. The quantitative estimate of drug-likeness (QED) is 0.701. The summed E-state index contributed by atoms with van der Waals surface area (Å²) in [4.78, 5) is 4.30. The molecule has 0 aliphatic rings. The van der Waals surface area contributed by atoms with Gasteiger partial charge in [-0.05, 0) is 42.5 Å². The summed E-state index contributed by atoms with van der Waals surface area (Å²) in [5.41, 5.74) is 1.42. The van der Waals surface area contributed by atoms with Crippen LogP contribution in [0.5, 0.6) is 5.75 Å². The predicted octanol–water partition coefficient (Wildman–Crippen LogP) is 4.71. The van der Waals surface area contributed by atoms with E-state index in [2.05, 4.69) is 4.98 Å². The van der Waals surface area contributed by atoms with Crippen molar-refractivity contribution in [2.45, 2.75) is 6.61 Å². The second-order valence-corrected chi connectivity index (χ2v) is 4.84. The third-order valence-corrected chi connectivity index (χ3v) is 3.06. The molecule has 0 N–H and O–H groups in total. The van der Waals surface area contributed by atoms with E-state index < -0.39 is 0 Å². The van der Waals surface area contributed by atoms with E-state index in [4.69, 9.17) is 32.4 Å². The first kappa shape index (κ1) is 12.3. The molecule has 0 aliphatic heterocycles. The van der Waals surface area contributed by atoms with E-state index >= 15 is 0 Å². The average Bonchev–Trinajstić information content (AvgIpc) is 2.80. The topological polar surface area (TPSA) is 35.3 Å². The SMILES string of the molecule is Clc1ccc(OCc2nc3cc(Cl)ccc3o2)cc1. The molecule has 2 aromatic carbocycles. The van der Waals surface area contributed by atoms with Gasteiger partial charge in [0, 0.05) is 10.0 Å². The minimum absolute atomic E-state index is 0.258. The van der Waals surface area contributed by atoms with E-state index in [1.807, 2.05) is 0 Å². The number of hydrogen-bond donors (Lipinski definition) is 0. The molecular formula is C14H9Cl2NO2. The van der Waals surface area contributed by atoms with Crippen LogP contribution in [0.15, 0.2) is 46.9 Å². The zero-order valence-corrected chi connectivity index (χ0v) is 11.3. The fraction of sp³-hybridized carbons (Fsp3) is 0.0714. The zero-order valence-electron chi connectivity index (χ0n) is 9.77. The lowest BCUT2D eigenvalue weighted by Gasteiger charge is -2.02. The van der Waals surface area contributed by atoms with Gasteiger partial charge in [-0.15, -0.1) is 0 Å². The largest absolute Gasteiger partial charge is 0.484 e. The van der Waals surface area contributed by atoms with Crippen molar-refractivity contribution < 1.29 is 9.15 Å². The fourth-order valence-electron chi connectivity index (χ4n) is 1.69. The van der Waals surface area contributed by atoms with Gasteiger partial charge in [0.25, 0.3) is 0 Å². The Morgan fingerprint density at radius 2 is 1.74 bits per heavy atom. The molecular weight excluding hydrogens is 285 g/mol. The molecule has 0 amide bonds. The zero-order chi connectivity index (χ0) is 13.2. The van der Waals surface area contributed by atoms with Crippen LogP contribution in [0.2, 0.25) is 10.0 Å². The predicted molar refractivity (Wildman–Crippen MR) is 74.8 cm³/mol. The van der Waals surface area contributed by atoms with Gasteiger partial charge in [-0.1, -0.05) is 23.2 Å². The summed E-state index contributed by atoms with van der Waals surface area (Å²) in [5.74, 6) is 1.22. The van der Waals surface area contributed by atoms with Crippen molar-refractivity contribution in [3.05, 3.63) is 58.4 Å². The monoisotopic (exact) mass is 293 g/mol. The van der Waals surface area contributed by atoms with Gasteiger partial charge in [0.05, 0.1) is 0 Å². The number of ether oxygens (including phenoxy) is 1. The molecule has 3 nitrogen and oxygen atoms in total. The molecule has 0 unspecified atom stereocenters. The van der Waals surface area contributed by atoms with E-state index in [0.29, 0.717) is 27.3 Å². The highest BCUT2D eigenvalue weighted by Gasteiger charge is 2.06. The minimum atomic E-state index is 0.258. The average molecular weight is 294 g/mol. The van der Waals surface area contributed by atoms with Crippen molar-refractivity contribution in [2.75, 3.05) is 0 Å². The normalized spacial score (nSPS) is 10.8. The Bertz CT molecular complexity index is 707. The van der Waals surface area contributed by atoms with Gasteiger partial charge in [0.15, 0.2) is 12.2 Å². The van der Waals surface area contributed by atoms with E-state index in [0.717, 1.165) is 5.52 Å². The summed E-state index contributed by atoms with van der Waals surface area (Å²) < 4.78 is 11.1. The second kappa shape index (κ2) is 5.11. The van der Waals surface area contributed by atoms with Gasteiger partial charge in [-0.2, -0.15) is 0 Å². The standard InChI is InChI=1S/C14H9Cl2NO2/c15-9-1-4-11(5-2-9)18-8-14-17-12-7-10(16)3-6-13(12)19-14/h1-7H,8H2. The number of nitrogens with zero attached hydrogens (tertiary/aromatic N) is 1. The van der Waals surface area contributed by atoms with Crippen LogP contribution < -0.4 is 4.74 Å². The molecule has 0 spiro atoms. The smallest absolute Gasteiger partial charge is 0.233 e. The number of aromatic nitrogens is 1. The van der Waals surface area contributed by atoms with Crippen molar-refractivity contribution in [2.24, 2.45) is 0 Å². The summed E-state index contributed by atoms with van der Waals surface area (Å²) in [6, 6.07) is 12.4. The molecule has 0 saturated carbocycles. The van der Waals surface area contributed by atoms with Gasteiger partial charge in [0.1, 0.15) is 11.3 Å². The van der Waals surface area contributed by atoms with Crippen molar-refractivity contribution in [3.8, 4) is 5.75 Å². The van der Waals surface area contributed by atoms with Gasteiger partial charge < -0.3 is 9.15 Å². The summed E-state index contributed by atoms with van der Waals surface area (Å²) >= 11 is 11.7. The van der Waals surface area contributed by atoms with E-state index in [9.17, 15) is 0 Å². The molecule has 96 valence electrons. The second-order valence-electron chi connectivity index (χ2n) is 3.96. The van der Waals surface area contributed by atoms with Crippen LogP contribution in [0.4, 0.5) is 0 Å². The highest BCUT2D eigenvalue weighted by Crippen LogP contribution is 2.21. The first-order valence-electron chi connectivity index (χ1n) is 5.64. The summed E-state index contributed by atoms with van der Waals surface area (Å²) in [6.45, 7) is 0.258.